The third-order valence-corrected chi connectivity index (χ3v) is 9.24. The van der Waals surface area contributed by atoms with Gasteiger partial charge < -0.3 is 4.84 Å². The molecule has 0 bridgehead atoms. The fraction of sp³-hybridized carbons (Fsp3) is 0. The van der Waals surface area contributed by atoms with Gasteiger partial charge in [-0.05, 0) is 79.9 Å². The van der Waals surface area contributed by atoms with Crippen molar-refractivity contribution in [1.82, 2.24) is 5.06 Å². The SMILES string of the molecule is O=C(ON1C(=O)c2c(Cl)c(Cl)c(Cl)c(Cl)c2C1=O)c1c(I)ccc(I)c1I. The van der Waals surface area contributed by atoms with Gasteiger partial charge in [0.05, 0.1) is 36.8 Å². The standard InChI is InChI=1S/C15H2Cl4I3NO4/c16-8-6-7(9(17)11(19)10(8)18)14(25)23(13(6)24)27-15(26)5-3(20)1-2-4(21)12(5)22/h1-2H. The molecule has 0 saturated heterocycles. The third kappa shape index (κ3) is 3.67. The molecule has 0 N–H and O–H groups in total. The van der Waals surface area contributed by atoms with Gasteiger partial charge in [-0.1, -0.05) is 51.5 Å². The number of imide groups is 1. The molecular formula is C15H2Cl4I3NO4. The Kier molecular flexibility index (Phi) is 6.76. The second-order valence-electron chi connectivity index (χ2n) is 5.01. The minimum absolute atomic E-state index is 0.168. The highest BCUT2D eigenvalue weighted by atomic mass is 127. The highest BCUT2D eigenvalue weighted by molar-refractivity contribution is 14.1. The molecule has 0 saturated carbocycles. The Bertz CT molecular complexity index is 1010. The molecule has 0 spiro atoms. The first-order valence-corrected chi connectivity index (χ1v) is 11.4. The van der Waals surface area contributed by atoms with Crippen molar-refractivity contribution in [3.8, 4) is 0 Å². The predicted molar refractivity (Wildman–Crippen MR) is 127 cm³/mol. The van der Waals surface area contributed by atoms with E-state index in [1.807, 2.05) is 51.2 Å². The molecule has 1 heterocycles. The average molecular weight is 783 g/mol. The second-order valence-corrected chi connectivity index (χ2v) is 9.92. The Morgan fingerprint density at radius 2 is 1.26 bits per heavy atom. The number of nitrogens with zero attached hydrogens (tertiary/aromatic N) is 1. The molecular weight excluding hydrogens is 781 g/mol. The average Bonchev–Trinajstić information content (AvgIpc) is 2.86. The van der Waals surface area contributed by atoms with Crippen LogP contribution >= 0.6 is 114 Å². The second kappa shape index (κ2) is 8.26. The Hall–Kier alpha value is 0.400. The summed E-state index contributed by atoms with van der Waals surface area (Å²) in [6, 6.07) is 3.54. The number of amides is 2. The van der Waals surface area contributed by atoms with Gasteiger partial charge in [0.15, 0.2) is 0 Å². The van der Waals surface area contributed by atoms with Crippen LogP contribution in [0.5, 0.6) is 0 Å². The molecule has 0 atom stereocenters. The lowest BCUT2D eigenvalue weighted by atomic mass is 10.1. The van der Waals surface area contributed by atoms with Crippen molar-refractivity contribution in [1.29, 1.82) is 0 Å². The van der Waals surface area contributed by atoms with Crippen molar-refractivity contribution in [3.63, 3.8) is 0 Å². The number of carbonyl (C=O) groups excluding carboxylic acids is 3. The van der Waals surface area contributed by atoms with E-state index in [2.05, 4.69) is 22.6 Å². The number of hydrogen-bond acceptors (Lipinski definition) is 4. The molecule has 12 heteroatoms. The number of fused-ring (bicyclic) bond motifs is 1. The van der Waals surface area contributed by atoms with Crippen molar-refractivity contribution in [2.24, 2.45) is 0 Å². The zero-order valence-corrected chi connectivity index (χ0v) is 21.9. The number of halogens is 7. The summed E-state index contributed by atoms with van der Waals surface area (Å²) in [4.78, 5) is 43.0. The van der Waals surface area contributed by atoms with Crippen molar-refractivity contribution in [2.75, 3.05) is 0 Å². The van der Waals surface area contributed by atoms with Crippen LogP contribution < -0.4 is 0 Å². The molecule has 27 heavy (non-hydrogen) atoms. The maximum atomic E-state index is 12.6. The third-order valence-electron chi connectivity index (χ3n) is 3.49. The fourth-order valence-corrected chi connectivity index (χ4v) is 5.59. The first kappa shape index (κ1) is 22.1. The first-order valence-electron chi connectivity index (χ1n) is 6.68. The summed E-state index contributed by atoms with van der Waals surface area (Å²) in [5.41, 5.74) is -0.297. The van der Waals surface area contributed by atoms with E-state index in [9.17, 15) is 14.4 Å². The van der Waals surface area contributed by atoms with Gasteiger partial charge in [-0.3, -0.25) is 9.59 Å². The summed E-state index contributed by atoms with van der Waals surface area (Å²) >= 11 is 30.0. The topological polar surface area (TPSA) is 63.7 Å². The van der Waals surface area contributed by atoms with Gasteiger partial charge in [-0.25, -0.2) is 4.79 Å². The molecule has 0 aliphatic carbocycles. The molecule has 3 rings (SSSR count). The summed E-state index contributed by atoms with van der Waals surface area (Å²) in [5.74, 6) is -2.78. The van der Waals surface area contributed by atoms with E-state index < -0.39 is 17.8 Å². The number of benzene rings is 2. The lowest BCUT2D eigenvalue weighted by molar-refractivity contribution is -0.0586. The molecule has 1 aliphatic rings. The Balaban J connectivity index is 2.04. The van der Waals surface area contributed by atoms with Crippen LogP contribution in [-0.2, 0) is 4.84 Å². The van der Waals surface area contributed by atoms with Gasteiger partial charge in [-0.15, -0.1) is 0 Å². The van der Waals surface area contributed by atoms with Crippen molar-refractivity contribution < 1.29 is 19.2 Å². The first-order chi connectivity index (χ1) is 12.6. The number of hydrogen-bond donors (Lipinski definition) is 0. The van der Waals surface area contributed by atoms with Crippen molar-refractivity contribution >= 4 is 132 Å². The zero-order chi connectivity index (χ0) is 20.2. The van der Waals surface area contributed by atoms with Crippen molar-refractivity contribution in [2.45, 2.75) is 0 Å². The van der Waals surface area contributed by atoms with Crippen molar-refractivity contribution in [3.05, 3.63) is 59.6 Å². The van der Waals surface area contributed by atoms with Crippen LogP contribution in [0.2, 0.25) is 20.1 Å². The molecule has 1 aliphatic heterocycles. The summed E-state index contributed by atoms with van der Waals surface area (Å²) in [7, 11) is 0. The normalized spacial score (nSPS) is 13.2. The molecule has 0 radical (unpaired) electrons. The fourth-order valence-electron chi connectivity index (χ4n) is 2.25. The lowest BCUT2D eigenvalue weighted by Gasteiger charge is -2.14. The van der Waals surface area contributed by atoms with E-state index in [1.165, 1.54) is 0 Å². The number of rotatable bonds is 2. The van der Waals surface area contributed by atoms with Gasteiger partial charge in [-0.2, -0.15) is 0 Å². The number of carbonyl (C=O) groups is 3. The zero-order valence-electron chi connectivity index (χ0n) is 12.4. The van der Waals surface area contributed by atoms with Gasteiger partial charge in [0.1, 0.15) is 0 Å². The predicted octanol–water partition coefficient (Wildman–Crippen LogP) is 6.48. The summed E-state index contributed by atoms with van der Waals surface area (Å²) < 4.78 is 2.04. The van der Waals surface area contributed by atoms with Crippen LogP contribution in [0.1, 0.15) is 31.1 Å². The minimum Gasteiger partial charge on any atom is -0.324 e. The van der Waals surface area contributed by atoms with E-state index in [-0.39, 0.29) is 36.8 Å². The molecule has 2 amide bonds. The van der Waals surface area contributed by atoms with Crippen LogP contribution in [-0.4, -0.2) is 22.8 Å². The highest BCUT2D eigenvalue weighted by Gasteiger charge is 2.44. The molecule has 2 aromatic rings. The maximum Gasteiger partial charge on any atom is 0.366 e. The molecule has 0 unspecified atom stereocenters. The van der Waals surface area contributed by atoms with Crippen LogP contribution in [0, 0.1) is 10.7 Å². The van der Waals surface area contributed by atoms with E-state index in [4.69, 9.17) is 51.2 Å². The quantitative estimate of drug-likeness (QED) is 0.152. The Morgan fingerprint density at radius 3 is 1.74 bits per heavy atom. The number of hydroxylamine groups is 2. The van der Waals surface area contributed by atoms with E-state index in [0.29, 0.717) is 12.2 Å². The largest absolute Gasteiger partial charge is 0.366 e. The van der Waals surface area contributed by atoms with Gasteiger partial charge >= 0.3 is 5.97 Å². The summed E-state index contributed by atoms with van der Waals surface area (Å²) in [6.45, 7) is 0. The molecule has 0 aromatic heterocycles. The van der Waals surface area contributed by atoms with E-state index >= 15 is 0 Å². The molecule has 2 aromatic carbocycles. The lowest BCUT2D eigenvalue weighted by Crippen LogP contribution is -2.33. The maximum absolute atomic E-state index is 12.6. The summed E-state index contributed by atoms with van der Waals surface area (Å²) in [5, 5.41) is -0.507. The van der Waals surface area contributed by atoms with Crippen LogP contribution in [0.25, 0.3) is 0 Å². The van der Waals surface area contributed by atoms with Gasteiger partial charge in [0.2, 0.25) is 0 Å². The Labute approximate surface area is 213 Å². The van der Waals surface area contributed by atoms with E-state index in [1.54, 1.807) is 6.07 Å². The minimum atomic E-state index is -0.954. The van der Waals surface area contributed by atoms with Gasteiger partial charge in [0.25, 0.3) is 11.8 Å². The van der Waals surface area contributed by atoms with E-state index in [0.717, 1.165) is 3.57 Å². The van der Waals surface area contributed by atoms with Crippen LogP contribution in [0.15, 0.2) is 12.1 Å². The van der Waals surface area contributed by atoms with Gasteiger partial charge in [0, 0.05) is 10.7 Å². The highest BCUT2D eigenvalue weighted by Crippen LogP contribution is 2.45. The smallest absolute Gasteiger partial charge is 0.324 e. The Morgan fingerprint density at radius 1 is 0.815 bits per heavy atom. The molecule has 0 fully saturated rings. The summed E-state index contributed by atoms with van der Waals surface area (Å²) in [6.07, 6.45) is 0. The van der Waals surface area contributed by atoms with Crippen LogP contribution in [0.3, 0.4) is 0 Å². The monoisotopic (exact) mass is 781 g/mol. The van der Waals surface area contributed by atoms with Crippen LogP contribution in [0.4, 0.5) is 0 Å². The molecule has 140 valence electrons. The molecule has 5 nitrogen and oxygen atoms in total.